The van der Waals surface area contributed by atoms with Gasteiger partial charge in [-0.15, -0.1) is 0 Å². The molecule has 30 heavy (non-hydrogen) atoms. The molecule has 7 nitrogen and oxygen atoms in total. The fourth-order valence-corrected chi connectivity index (χ4v) is 5.67. The first-order valence-electron chi connectivity index (χ1n) is 10.0. The summed E-state index contributed by atoms with van der Waals surface area (Å²) < 4.78 is 5.72. The number of allylic oxidation sites excluding steroid dienone is 2. The van der Waals surface area contributed by atoms with E-state index in [4.69, 9.17) is 9.52 Å². The Bertz CT molecular complexity index is 1140. The van der Waals surface area contributed by atoms with E-state index in [1.165, 1.54) is 18.3 Å². The van der Waals surface area contributed by atoms with Gasteiger partial charge in [-0.1, -0.05) is 24.3 Å². The Morgan fingerprint density at radius 2 is 1.80 bits per heavy atom. The Kier molecular flexibility index (Phi) is 3.35. The normalized spacial score (nSPS) is 30.1. The molecule has 2 amide bonds. The molecule has 6 rings (SSSR count). The largest absolute Gasteiger partial charge is 0.478 e. The maximum atomic E-state index is 12.9. The van der Waals surface area contributed by atoms with Crippen LogP contribution in [0.1, 0.15) is 29.0 Å². The molecule has 1 aliphatic heterocycles. The number of furan rings is 1. The van der Waals surface area contributed by atoms with Crippen molar-refractivity contribution in [1.82, 2.24) is 5.01 Å². The first-order valence-corrected chi connectivity index (χ1v) is 10.0. The number of hydrazone groups is 1. The summed E-state index contributed by atoms with van der Waals surface area (Å²) in [7, 11) is 0. The summed E-state index contributed by atoms with van der Waals surface area (Å²) in [6.45, 7) is 0. The van der Waals surface area contributed by atoms with Crippen LogP contribution in [0.2, 0.25) is 0 Å². The summed E-state index contributed by atoms with van der Waals surface area (Å²) >= 11 is 0. The Morgan fingerprint density at radius 1 is 1.10 bits per heavy atom. The zero-order chi connectivity index (χ0) is 20.6. The van der Waals surface area contributed by atoms with Gasteiger partial charge in [0.1, 0.15) is 11.5 Å². The maximum Gasteiger partial charge on any atom is 0.335 e. The molecule has 4 aliphatic rings. The number of carboxylic acids is 1. The van der Waals surface area contributed by atoms with Gasteiger partial charge in [-0.2, -0.15) is 10.1 Å². The molecule has 0 radical (unpaired) electrons. The third kappa shape index (κ3) is 2.20. The molecule has 0 unspecified atom stereocenters. The molecule has 4 atom stereocenters. The van der Waals surface area contributed by atoms with Crippen molar-refractivity contribution in [2.24, 2.45) is 34.2 Å². The molecule has 3 aliphatic carbocycles. The Morgan fingerprint density at radius 3 is 2.43 bits per heavy atom. The van der Waals surface area contributed by atoms with Gasteiger partial charge in [0.2, 0.25) is 0 Å². The Labute approximate surface area is 171 Å². The second-order valence-corrected chi connectivity index (χ2v) is 8.54. The Hall–Kier alpha value is -3.48. The SMILES string of the molecule is O=C(O)c1cccc(-c2ccc(/C=N\N3C(=O)[C@@H]4[C@H](C3=O)[C@@H]3C=C[C@H]4C34CC4)o2)c1. The van der Waals surface area contributed by atoms with E-state index >= 15 is 0 Å². The van der Waals surface area contributed by atoms with Crippen molar-refractivity contribution in [2.75, 3.05) is 0 Å². The smallest absolute Gasteiger partial charge is 0.335 e. The predicted octanol–water partition coefficient (Wildman–Crippen LogP) is 3.18. The van der Waals surface area contributed by atoms with Crippen LogP contribution >= 0.6 is 0 Å². The second kappa shape index (κ2) is 5.78. The van der Waals surface area contributed by atoms with E-state index in [-0.39, 0.29) is 46.5 Å². The van der Waals surface area contributed by atoms with Crippen LogP contribution in [0.4, 0.5) is 0 Å². The topological polar surface area (TPSA) is 100 Å². The molecule has 7 heteroatoms. The number of amides is 2. The van der Waals surface area contributed by atoms with Gasteiger partial charge in [-0.25, -0.2) is 4.79 Å². The summed E-state index contributed by atoms with van der Waals surface area (Å²) in [6, 6.07) is 9.79. The molecule has 2 bridgehead atoms. The highest BCUT2D eigenvalue weighted by molar-refractivity contribution is 6.07. The minimum Gasteiger partial charge on any atom is -0.478 e. The zero-order valence-corrected chi connectivity index (χ0v) is 15.9. The zero-order valence-electron chi connectivity index (χ0n) is 15.9. The van der Waals surface area contributed by atoms with E-state index in [2.05, 4.69) is 17.3 Å². The van der Waals surface area contributed by atoms with Crippen molar-refractivity contribution in [2.45, 2.75) is 12.8 Å². The van der Waals surface area contributed by atoms with Crippen LogP contribution in [0.3, 0.4) is 0 Å². The molecular weight excluding hydrogens is 384 g/mol. The molecule has 3 fully saturated rings. The van der Waals surface area contributed by atoms with Gasteiger partial charge < -0.3 is 9.52 Å². The van der Waals surface area contributed by atoms with Gasteiger partial charge in [0.05, 0.1) is 23.6 Å². The number of carbonyl (C=O) groups is 3. The minimum absolute atomic E-state index is 0.163. The fraction of sp³-hybridized carbons (Fsp3) is 0.304. The molecular formula is C23H18N2O5. The summed E-state index contributed by atoms with van der Waals surface area (Å²) in [5, 5.41) is 14.3. The number of hydrogen-bond acceptors (Lipinski definition) is 5. The number of hydrogen-bond donors (Lipinski definition) is 1. The molecule has 1 spiro atoms. The van der Waals surface area contributed by atoms with E-state index in [1.54, 1.807) is 24.3 Å². The van der Waals surface area contributed by atoms with Gasteiger partial charge in [-0.05, 0) is 54.4 Å². The van der Waals surface area contributed by atoms with E-state index in [1.807, 2.05) is 0 Å². The van der Waals surface area contributed by atoms with Crippen molar-refractivity contribution in [3.63, 3.8) is 0 Å². The molecule has 150 valence electrons. The van der Waals surface area contributed by atoms with Crippen LogP contribution < -0.4 is 0 Å². The van der Waals surface area contributed by atoms with Gasteiger partial charge in [0, 0.05) is 5.56 Å². The highest BCUT2D eigenvalue weighted by Crippen LogP contribution is 2.73. The molecule has 1 aromatic carbocycles. The van der Waals surface area contributed by atoms with Crippen molar-refractivity contribution >= 4 is 24.0 Å². The van der Waals surface area contributed by atoms with Crippen LogP contribution in [-0.4, -0.2) is 34.1 Å². The summed E-state index contributed by atoms with van der Waals surface area (Å²) in [5.74, 6) is -0.816. The average molecular weight is 402 g/mol. The van der Waals surface area contributed by atoms with Gasteiger partial charge >= 0.3 is 5.97 Å². The number of carbonyl (C=O) groups excluding carboxylic acids is 2. The number of imide groups is 1. The summed E-state index contributed by atoms with van der Waals surface area (Å²) in [4.78, 5) is 37.0. The van der Waals surface area contributed by atoms with Crippen molar-refractivity contribution < 1.29 is 23.9 Å². The van der Waals surface area contributed by atoms with E-state index in [0.717, 1.165) is 17.9 Å². The quantitative estimate of drug-likeness (QED) is 0.481. The van der Waals surface area contributed by atoms with Crippen LogP contribution in [-0.2, 0) is 9.59 Å². The first-order chi connectivity index (χ1) is 14.5. The highest BCUT2D eigenvalue weighted by atomic mass is 16.4. The van der Waals surface area contributed by atoms with Crippen LogP contribution in [0.25, 0.3) is 11.3 Å². The molecule has 2 saturated carbocycles. The fourth-order valence-electron chi connectivity index (χ4n) is 5.67. The molecule has 2 heterocycles. The number of fused-ring (bicyclic) bond motifs is 3. The van der Waals surface area contributed by atoms with Crippen LogP contribution in [0.15, 0.2) is 58.1 Å². The number of aromatic carboxylic acids is 1. The summed E-state index contributed by atoms with van der Waals surface area (Å²) in [5.41, 5.74) is 0.946. The van der Waals surface area contributed by atoms with E-state index < -0.39 is 5.97 Å². The lowest BCUT2D eigenvalue weighted by atomic mass is 9.85. The number of nitrogens with zero attached hydrogens (tertiary/aromatic N) is 2. The highest BCUT2D eigenvalue weighted by Gasteiger charge is 2.73. The van der Waals surface area contributed by atoms with Gasteiger partial charge in [-0.3, -0.25) is 9.59 Å². The predicted molar refractivity (Wildman–Crippen MR) is 105 cm³/mol. The minimum atomic E-state index is -1.02. The van der Waals surface area contributed by atoms with Gasteiger partial charge in [0.15, 0.2) is 0 Å². The Balaban J connectivity index is 1.23. The third-order valence-corrected chi connectivity index (χ3v) is 7.15. The molecule has 1 N–H and O–H groups in total. The summed E-state index contributed by atoms with van der Waals surface area (Å²) in [6.07, 6.45) is 7.82. The molecule has 1 saturated heterocycles. The van der Waals surface area contributed by atoms with E-state index in [0.29, 0.717) is 17.1 Å². The van der Waals surface area contributed by atoms with Crippen molar-refractivity contribution in [3.8, 4) is 11.3 Å². The first kappa shape index (κ1) is 17.4. The molecule has 1 aromatic heterocycles. The van der Waals surface area contributed by atoms with Crippen molar-refractivity contribution in [1.29, 1.82) is 0 Å². The monoisotopic (exact) mass is 402 g/mol. The molecule has 2 aromatic rings. The number of benzene rings is 1. The van der Waals surface area contributed by atoms with Gasteiger partial charge in [0.25, 0.3) is 11.8 Å². The maximum absolute atomic E-state index is 12.9. The van der Waals surface area contributed by atoms with Crippen LogP contribution in [0.5, 0.6) is 0 Å². The second-order valence-electron chi connectivity index (χ2n) is 8.54. The standard InChI is InChI=1S/C23H18N2O5/c26-20-18-15-5-6-16(23(15)8-9-23)19(18)21(27)25(20)24-11-14-4-7-17(30-14)12-2-1-3-13(10-12)22(28)29/h1-7,10-11,15-16,18-19H,8-9H2,(H,28,29)/b24-11-/t15-,16+,18+,19-. The van der Waals surface area contributed by atoms with E-state index in [9.17, 15) is 14.4 Å². The third-order valence-electron chi connectivity index (χ3n) is 7.15. The van der Waals surface area contributed by atoms with Crippen molar-refractivity contribution in [3.05, 3.63) is 59.9 Å². The lowest BCUT2D eigenvalue weighted by Crippen LogP contribution is -2.30. The lowest BCUT2D eigenvalue weighted by Gasteiger charge is -2.18. The average Bonchev–Trinajstić information content (AvgIpc) is 3.03. The lowest BCUT2D eigenvalue weighted by molar-refractivity contribution is -0.141. The number of carboxylic acid groups (broad SMARTS) is 1. The van der Waals surface area contributed by atoms with Crippen LogP contribution in [0, 0.1) is 29.1 Å². The number of rotatable bonds is 4.